The topological polar surface area (TPSA) is 151 Å². The van der Waals surface area contributed by atoms with E-state index in [0.29, 0.717) is 42.9 Å². The van der Waals surface area contributed by atoms with Crippen molar-refractivity contribution in [3.63, 3.8) is 0 Å². The van der Waals surface area contributed by atoms with Gasteiger partial charge in [-0.3, -0.25) is 0 Å². The first kappa shape index (κ1) is 23.1. The molecule has 5 N–H and O–H groups in total. The zero-order valence-corrected chi connectivity index (χ0v) is 18.4. The van der Waals surface area contributed by atoms with E-state index in [-0.39, 0.29) is 17.7 Å². The van der Waals surface area contributed by atoms with Crippen molar-refractivity contribution in [2.75, 3.05) is 23.7 Å². The number of hydrogen-bond donors (Lipinski definition) is 4. The van der Waals surface area contributed by atoms with Crippen molar-refractivity contribution in [2.45, 2.75) is 45.8 Å². The maximum Gasteiger partial charge on any atom is 0.408 e. The molecular weight excluding hydrogens is 414 g/mol. The fourth-order valence-electron chi connectivity index (χ4n) is 3.63. The Morgan fingerprint density at radius 1 is 1.22 bits per heavy atom. The number of alkyl carbamates (subject to hydrolysis) is 1. The number of nitrogens with zero attached hydrogens (tertiary/aromatic N) is 3. The highest BCUT2D eigenvalue weighted by Crippen LogP contribution is 2.32. The molecule has 2 aromatic rings. The Bertz CT molecular complexity index is 983. The highest BCUT2D eigenvalue weighted by Gasteiger charge is 2.34. The van der Waals surface area contributed by atoms with Gasteiger partial charge in [-0.25, -0.2) is 9.59 Å². The van der Waals surface area contributed by atoms with Gasteiger partial charge in [-0.05, 0) is 23.6 Å². The number of piperidine rings is 1. The quantitative estimate of drug-likeness (QED) is 0.546. The number of aromatic nitrogens is 2. The molecule has 1 aromatic heterocycles. The molecule has 0 bridgehead atoms. The van der Waals surface area contributed by atoms with E-state index in [4.69, 9.17) is 10.5 Å². The zero-order valence-electron chi connectivity index (χ0n) is 18.4. The van der Waals surface area contributed by atoms with Crippen molar-refractivity contribution in [1.29, 1.82) is 0 Å². The molecule has 1 aliphatic rings. The van der Waals surface area contributed by atoms with Crippen LogP contribution in [0, 0.1) is 5.41 Å². The molecule has 3 rings (SSSR count). The van der Waals surface area contributed by atoms with Gasteiger partial charge in [-0.1, -0.05) is 32.9 Å². The molecule has 1 atom stereocenters. The highest BCUT2D eigenvalue weighted by molar-refractivity contribution is 5.80. The van der Waals surface area contributed by atoms with Gasteiger partial charge in [0.25, 0.3) is 0 Å². The van der Waals surface area contributed by atoms with Crippen molar-refractivity contribution in [2.24, 2.45) is 5.41 Å². The summed E-state index contributed by atoms with van der Waals surface area (Å²) in [4.78, 5) is 25.7. The van der Waals surface area contributed by atoms with Crippen LogP contribution in [0.3, 0.4) is 0 Å². The van der Waals surface area contributed by atoms with E-state index in [1.54, 1.807) is 51.1 Å². The average Bonchev–Trinajstić information content (AvgIpc) is 2.72. The zero-order chi connectivity index (χ0) is 23.5. The van der Waals surface area contributed by atoms with Crippen molar-refractivity contribution < 1.29 is 24.5 Å². The number of rotatable bonds is 5. The summed E-state index contributed by atoms with van der Waals surface area (Å²) >= 11 is 0. The molecule has 32 heavy (non-hydrogen) atoms. The number of aromatic hydroxyl groups is 1. The molecule has 2 heterocycles. The number of nitrogens with one attached hydrogen (secondary N) is 1. The van der Waals surface area contributed by atoms with E-state index in [2.05, 4.69) is 15.5 Å². The van der Waals surface area contributed by atoms with Gasteiger partial charge in [0, 0.05) is 31.5 Å². The number of hydrogen-bond acceptors (Lipinski definition) is 8. The van der Waals surface area contributed by atoms with E-state index in [1.807, 2.05) is 4.90 Å². The molecule has 0 aliphatic carbocycles. The maximum absolute atomic E-state index is 12.2. The summed E-state index contributed by atoms with van der Waals surface area (Å²) in [5.41, 5.74) is 7.16. The van der Waals surface area contributed by atoms with Gasteiger partial charge in [0.15, 0.2) is 5.82 Å². The molecule has 0 unspecified atom stereocenters. The highest BCUT2D eigenvalue weighted by atomic mass is 16.6. The minimum absolute atomic E-state index is 0.102. The van der Waals surface area contributed by atoms with Gasteiger partial charge in [0.2, 0.25) is 0 Å². The van der Waals surface area contributed by atoms with Gasteiger partial charge in [0.05, 0.1) is 11.4 Å². The van der Waals surface area contributed by atoms with Crippen LogP contribution in [0.25, 0.3) is 11.3 Å². The molecule has 0 radical (unpaired) electrons. The van der Waals surface area contributed by atoms with E-state index < -0.39 is 23.5 Å². The largest absolute Gasteiger partial charge is 0.507 e. The molecule has 10 nitrogen and oxygen atoms in total. The van der Waals surface area contributed by atoms with Gasteiger partial charge >= 0.3 is 12.1 Å². The van der Waals surface area contributed by atoms with Crippen LogP contribution in [-0.2, 0) is 9.53 Å². The Morgan fingerprint density at radius 3 is 2.47 bits per heavy atom. The first-order valence-corrected chi connectivity index (χ1v) is 10.4. The molecular formula is C22H29N5O5. The Hall–Kier alpha value is -3.56. The van der Waals surface area contributed by atoms with Crippen molar-refractivity contribution in [3.05, 3.63) is 30.3 Å². The van der Waals surface area contributed by atoms with Crippen LogP contribution < -0.4 is 16.0 Å². The molecule has 0 spiro atoms. The number of carbonyl (C=O) groups is 2. The minimum Gasteiger partial charge on any atom is -0.507 e. The number of aliphatic carboxylic acids is 1. The summed E-state index contributed by atoms with van der Waals surface area (Å²) in [6, 6.07) is 7.59. The second-order valence-electron chi connectivity index (χ2n) is 8.89. The lowest BCUT2D eigenvalue weighted by atomic mass is 9.87. The van der Waals surface area contributed by atoms with Crippen LogP contribution in [0.15, 0.2) is 30.3 Å². The number of nitrogens with two attached hydrogens (primary N) is 1. The Labute approximate surface area is 186 Å². The number of phenolic OH excluding ortho intramolecular Hbond substituents is 1. The number of amides is 1. The van der Waals surface area contributed by atoms with Crippen molar-refractivity contribution >= 4 is 23.6 Å². The van der Waals surface area contributed by atoms with E-state index >= 15 is 0 Å². The van der Waals surface area contributed by atoms with Crippen LogP contribution in [-0.4, -0.2) is 57.7 Å². The number of ether oxygens (including phenoxy) is 1. The summed E-state index contributed by atoms with van der Waals surface area (Å²) < 4.78 is 5.46. The number of para-hydroxylation sites is 1. The maximum atomic E-state index is 12.2. The molecule has 172 valence electrons. The molecule has 1 aliphatic heterocycles. The fourth-order valence-corrected chi connectivity index (χ4v) is 3.63. The lowest BCUT2D eigenvalue weighted by Gasteiger charge is -2.34. The van der Waals surface area contributed by atoms with Crippen LogP contribution in [0.4, 0.5) is 16.3 Å². The SMILES string of the molecule is CC(C)(C)[C@H](NC(=O)OC1CCN(c2cc(-c3ccccc3O)nnc2N)CC1)C(=O)O. The average molecular weight is 444 g/mol. The lowest BCUT2D eigenvalue weighted by molar-refractivity contribution is -0.142. The van der Waals surface area contributed by atoms with Crippen molar-refractivity contribution in [3.8, 4) is 17.0 Å². The number of benzene rings is 1. The standard InChI is InChI=1S/C22H29N5O5/c1-22(2,3)18(20(29)30)24-21(31)32-13-8-10-27(11-9-13)16-12-15(25-26-19(16)23)14-6-4-5-7-17(14)28/h4-7,12-13,18,28H,8-11H2,1-3H3,(H2,23,26)(H,24,31)(H,29,30)/t18-/m1/s1. The van der Waals surface area contributed by atoms with Crippen LogP contribution in [0.5, 0.6) is 5.75 Å². The number of nitrogen functional groups attached to an aromatic ring is 1. The third kappa shape index (κ3) is 5.37. The number of phenols is 1. The summed E-state index contributed by atoms with van der Waals surface area (Å²) in [7, 11) is 0. The van der Waals surface area contributed by atoms with E-state index in [0.717, 1.165) is 0 Å². The molecule has 1 amide bonds. The molecule has 1 fully saturated rings. The fraction of sp³-hybridized carbons (Fsp3) is 0.455. The number of anilines is 2. The van der Waals surface area contributed by atoms with E-state index in [9.17, 15) is 19.8 Å². The Kier molecular flexibility index (Phi) is 6.71. The Morgan fingerprint density at radius 2 is 1.88 bits per heavy atom. The predicted molar refractivity (Wildman–Crippen MR) is 119 cm³/mol. The number of carboxylic acids is 1. The molecule has 1 aromatic carbocycles. The van der Waals surface area contributed by atoms with Crippen LogP contribution in [0.1, 0.15) is 33.6 Å². The second kappa shape index (κ2) is 9.29. The Balaban J connectivity index is 1.62. The summed E-state index contributed by atoms with van der Waals surface area (Å²) in [5, 5.41) is 30.0. The molecule has 0 saturated carbocycles. The number of carbonyl (C=O) groups excluding carboxylic acids is 1. The normalized spacial score (nSPS) is 15.8. The lowest BCUT2D eigenvalue weighted by Crippen LogP contribution is -2.50. The second-order valence-corrected chi connectivity index (χ2v) is 8.89. The molecule has 10 heteroatoms. The van der Waals surface area contributed by atoms with Crippen LogP contribution in [0.2, 0.25) is 0 Å². The van der Waals surface area contributed by atoms with Gasteiger partial charge in [0.1, 0.15) is 17.9 Å². The predicted octanol–water partition coefficient (Wildman–Crippen LogP) is 2.63. The first-order chi connectivity index (χ1) is 15.1. The molecule has 1 saturated heterocycles. The summed E-state index contributed by atoms with van der Waals surface area (Å²) in [5.74, 6) is -0.730. The monoisotopic (exact) mass is 443 g/mol. The smallest absolute Gasteiger partial charge is 0.408 e. The third-order valence-corrected chi connectivity index (χ3v) is 5.41. The summed E-state index contributed by atoms with van der Waals surface area (Å²) in [6.07, 6.45) is 0.0231. The van der Waals surface area contributed by atoms with Crippen molar-refractivity contribution in [1.82, 2.24) is 15.5 Å². The third-order valence-electron chi connectivity index (χ3n) is 5.41. The van der Waals surface area contributed by atoms with E-state index in [1.165, 1.54) is 0 Å². The summed E-state index contributed by atoms with van der Waals surface area (Å²) in [6.45, 7) is 6.34. The number of carboxylic acid groups (broad SMARTS) is 1. The van der Waals surface area contributed by atoms with Gasteiger partial charge < -0.3 is 30.9 Å². The first-order valence-electron chi connectivity index (χ1n) is 10.4. The van der Waals surface area contributed by atoms with Gasteiger partial charge in [-0.2, -0.15) is 0 Å². The minimum atomic E-state index is -1.11. The van der Waals surface area contributed by atoms with Crippen LogP contribution >= 0.6 is 0 Å². The van der Waals surface area contributed by atoms with Gasteiger partial charge in [-0.15, -0.1) is 10.2 Å².